The van der Waals surface area contributed by atoms with E-state index >= 15 is 0 Å². The molecule has 2 rings (SSSR count). The first kappa shape index (κ1) is 14.5. The molecule has 106 valence electrons. The molecule has 0 bridgehead atoms. The highest BCUT2D eigenvalue weighted by Crippen LogP contribution is 2.24. The van der Waals surface area contributed by atoms with Crippen molar-refractivity contribution >= 4 is 0 Å². The van der Waals surface area contributed by atoms with Crippen molar-refractivity contribution in [3.63, 3.8) is 0 Å². The van der Waals surface area contributed by atoms with Gasteiger partial charge in [0.25, 0.3) is 0 Å². The first-order valence-electron chi connectivity index (χ1n) is 6.35. The van der Waals surface area contributed by atoms with Gasteiger partial charge in [0, 0.05) is 17.7 Å². The normalized spacial score (nSPS) is 12.2. The first-order valence-corrected chi connectivity index (χ1v) is 6.35. The summed E-state index contributed by atoms with van der Waals surface area (Å²) in [4.78, 5) is 0. The molecule has 1 atom stereocenters. The molecule has 0 aliphatic heterocycles. The van der Waals surface area contributed by atoms with Gasteiger partial charge in [-0.15, -0.1) is 0 Å². The van der Waals surface area contributed by atoms with Gasteiger partial charge in [-0.25, -0.2) is 8.78 Å². The Morgan fingerprint density at radius 3 is 2.55 bits per heavy atom. The number of nitrogens with two attached hydrogens (primary N) is 1. The molecule has 20 heavy (non-hydrogen) atoms. The number of benzene rings is 2. The van der Waals surface area contributed by atoms with Crippen LogP contribution in [0.2, 0.25) is 0 Å². The van der Waals surface area contributed by atoms with Gasteiger partial charge in [0.2, 0.25) is 0 Å². The van der Waals surface area contributed by atoms with Crippen molar-refractivity contribution in [2.24, 2.45) is 5.73 Å². The fourth-order valence-electron chi connectivity index (χ4n) is 2.14. The standard InChI is InChI=1S/C16H17F2NO/c1-10-3-4-12(17)7-11(10)8-16(19)14-6-5-13(20-2)9-15(14)18/h3-7,9,16H,8,19H2,1-2H3. The highest BCUT2D eigenvalue weighted by Gasteiger charge is 2.14. The summed E-state index contributed by atoms with van der Waals surface area (Å²) in [5.41, 5.74) is 8.16. The summed E-state index contributed by atoms with van der Waals surface area (Å²) in [5, 5.41) is 0. The molecule has 0 fully saturated rings. The average Bonchev–Trinajstić information content (AvgIpc) is 2.42. The number of hydrogen-bond acceptors (Lipinski definition) is 2. The lowest BCUT2D eigenvalue weighted by molar-refractivity contribution is 0.410. The lowest BCUT2D eigenvalue weighted by atomic mass is 9.96. The zero-order valence-corrected chi connectivity index (χ0v) is 11.5. The van der Waals surface area contributed by atoms with E-state index in [1.54, 1.807) is 18.2 Å². The fourth-order valence-corrected chi connectivity index (χ4v) is 2.14. The fraction of sp³-hybridized carbons (Fsp3) is 0.250. The van der Waals surface area contributed by atoms with Gasteiger partial charge in [0.05, 0.1) is 7.11 Å². The largest absolute Gasteiger partial charge is 0.497 e. The highest BCUT2D eigenvalue weighted by atomic mass is 19.1. The van der Waals surface area contributed by atoms with Gasteiger partial charge in [-0.1, -0.05) is 12.1 Å². The smallest absolute Gasteiger partial charge is 0.131 e. The second kappa shape index (κ2) is 6.01. The third-order valence-electron chi connectivity index (χ3n) is 3.36. The molecular weight excluding hydrogens is 260 g/mol. The Morgan fingerprint density at radius 2 is 1.90 bits per heavy atom. The highest BCUT2D eigenvalue weighted by molar-refractivity contribution is 5.33. The SMILES string of the molecule is COc1ccc(C(N)Cc2cc(F)ccc2C)c(F)c1. The number of rotatable bonds is 4. The van der Waals surface area contributed by atoms with E-state index in [9.17, 15) is 8.78 Å². The molecule has 0 saturated carbocycles. The lowest BCUT2D eigenvalue weighted by Crippen LogP contribution is -2.15. The van der Waals surface area contributed by atoms with Crippen LogP contribution in [0.1, 0.15) is 22.7 Å². The molecule has 0 radical (unpaired) electrons. The Kier molecular flexibility index (Phi) is 4.35. The zero-order chi connectivity index (χ0) is 14.7. The summed E-state index contributed by atoms with van der Waals surface area (Å²) in [6, 6.07) is 8.58. The van der Waals surface area contributed by atoms with E-state index in [2.05, 4.69) is 0 Å². The van der Waals surface area contributed by atoms with E-state index in [0.717, 1.165) is 11.1 Å². The van der Waals surface area contributed by atoms with E-state index in [0.29, 0.717) is 17.7 Å². The Balaban J connectivity index is 2.23. The molecule has 0 heterocycles. The molecule has 0 spiro atoms. The average molecular weight is 277 g/mol. The monoisotopic (exact) mass is 277 g/mol. The van der Waals surface area contributed by atoms with Crippen LogP contribution in [0, 0.1) is 18.6 Å². The molecule has 0 aliphatic rings. The van der Waals surface area contributed by atoms with Crippen molar-refractivity contribution < 1.29 is 13.5 Å². The van der Waals surface area contributed by atoms with Crippen LogP contribution in [0.25, 0.3) is 0 Å². The molecule has 1 unspecified atom stereocenters. The van der Waals surface area contributed by atoms with E-state index in [-0.39, 0.29) is 5.82 Å². The van der Waals surface area contributed by atoms with Crippen molar-refractivity contribution in [1.29, 1.82) is 0 Å². The predicted octanol–water partition coefficient (Wildman–Crippen LogP) is 3.52. The second-order valence-corrected chi connectivity index (χ2v) is 4.77. The minimum Gasteiger partial charge on any atom is -0.497 e. The number of methoxy groups -OCH3 is 1. The van der Waals surface area contributed by atoms with Gasteiger partial charge in [-0.3, -0.25) is 0 Å². The summed E-state index contributed by atoms with van der Waals surface area (Å²) >= 11 is 0. The minimum atomic E-state index is -0.526. The molecule has 4 heteroatoms. The van der Waals surface area contributed by atoms with Crippen LogP contribution in [-0.2, 0) is 6.42 Å². The number of ether oxygens (including phenoxy) is 1. The Bertz CT molecular complexity index is 613. The number of hydrogen-bond donors (Lipinski definition) is 1. The van der Waals surface area contributed by atoms with E-state index < -0.39 is 11.9 Å². The summed E-state index contributed by atoms with van der Waals surface area (Å²) in [6.45, 7) is 1.88. The molecule has 0 aromatic heterocycles. The van der Waals surface area contributed by atoms with Gasteiger partial charge in [0.1, 0.15) is 17.4 Å². The maximum atomic E-state index is 13.9. The molecule has 2 aromatic carbocycles. The first-order chi connectivity index (χ1) is 9.51. The van der Waals surface area contributed by atoms with Gasteiger partial charge in [-0.2, -0.15) is 0 Å². The van der Waals surface area contributed by atoms with E-state index in [1.165, 1.54) is 25.3 Å². The Morgan fingerprint density at radius 1 is 1.15 bits per heavy atom. The van der Waals surface area contributed by atoms with Crippen LogP contribution < -0.4 is 10.5 Å². The topological polar surface area (TPSA) is 35.2 Å². The molecular formula is C16H17F2NO. The van der Waals surface area contributed by atoms with Crippen molar-refractivity contribution in [2.45, 2.75) is 19.4 Å². The third-order valence-corrected chi connectivity index (χ3v) is 3.36. The van der Waals surface area contributed by atoms with Crippen LogP contribution >= 0.6 is 0 Å². The van der Waals surface area contributed by atoms with Crippen molar-refractivity contribution in [1.82, 2.24) is 0 Å². The summed E-state index contributed by atoms with van der Waals surface area (Å²) in [5.74, 6) is -0.278. The van der Waals surface area contributed by atoms with Crippen LogP contribution in [-0.4, -0.2) is 7.11 Å². The van der Waals surface area contributed by atoms with Gasteiger partial charge in [0.15, 0.2) is 0 Å². The molecule has 2 N–H and O–H groups in total. The van der Waals surface area contributed by atoms with E-state index in [1.807, 2.05) is 6.92 Å². The Hall–Kier alpha value is -1.94. The number of aryl methyl sites for hydroxylation is 1. The summed E-state index contributed by atoms with van der Waals surface area (Å²) < 4.78 is 32.1. The van der Waals surface area contributed by atoms with Crippen LogP contribution in [0.4, 0.5) is 8.78 Å². The van der Waals surface area contributed by atoms with Gasteiger partial charge >= 0.3 is 0 Å². The third kappa shape index (κ3) is 3.14. The maximum absolute atomic E-state index is 13.9. The van der Waals surface area contributed by atoms with Crippen LogP contribution in [0.3, 0.4) is 0 Å². The molecule has 2 nitrogen and oxygen atoms in total. The number of halogens is 2. The Labute approximate surface area is 117 Å². The van der Waals surface area contributed by atoms with Gasteiger partial charge in [-0.05, 0) is 42.7 Å². The molecule has 0 amide bonds. The quantitative estimate of drug-likeness (QED) is 0.928. The van der Waals surface area contributed by atoms with Crippen molar-refractivity contribution in [2.75, 3.05) is 7.11 Å². The van der Waals surface area contributed by atoms with Crippen LogP contribution in [0.5, 0.6) is 5.75 Å². The van der Waals surface area contributed by atoms with E-state index in [4.69, 9.17) is 10.5 Å². The summed E-state index contributed by atoms with van der Waals surface area (Å²) in [7, 11) is 1.48. The zero-order valence-electron chi connectivity index (χ0n) is 11.5. The van der Waals surface area contributed by atoms with Crippen LogP contribution in [0.15, 0.2) is 36.4 Å². The molecule has 0 saturated heterocycles. The van der Waals surface area contributed by atoms with Crippen molar-refractivity contribution in [3.8, 4) is 5.75 Å². The lowest BCUT2D eigenvalue weighted by Gasteiger charge is -2.15. The summed E-state index contributed by atoms with van der Waals surface area (Å²) in [6.07, 6.45) is 0.382. The predicted molar refractivity (Wildman–Crippen MR) is 74.7 cm³/mol. The maximum Gasteiger partial charge on any atom is 0.131 e. The second-order valence-electron chi connectivity index (χ2n) is 4.77. The van der Waals surface area contributed by atoms with Crippen molar-refractivity contribution in [3.05, 3.63) is 64.7 Å². The molecule has 2 aromatic rings. The van der Waals surface area contributed by atoms with Gasteiger partial charge < -0.3 is 10.5 Å². The molecule has 0 aliphatic carbocycles. The minimum absolute atomic E-state index is 0.312.